The van der Waals surface area contributed by atoms with Crippen LogP contribution >= 0.6 is 0 Å². The average Bonchev–Trinajstić information content (AvgIpc) is 2.03. The first-order valence-corrected chi connectivity index (χ1v) is 3.66. The minimum Gasteiger partial charge on any atom is -0.406 e. The highest BCUT2D eigenvalue weighted by molar-refractivity contribution is 6.51. The summed E-state index contributed by atoms with van der Waals surface area (Å²) in [6.45, 7) is 1.81. The van der Waals surface area contributed by atoms with Crippen molar-refractivity contribution in [3.63, 3.8) is 0 Å². The molecular weight excluding hydrogens is 180 g/mol. The zero-order chi connectivity index (χ0) is 9.90. The summed E-state index contributed by atoms with van der Waals surface area (Å²) >= 11 is 0. The molecule has 5 heteroatoms. The maximum atomic E-state index is 11.7. The Morgan fingerprint density at radius 1 is 1.15 bits per heavy atom. The van der Waals surface area contributed by atoms with Crippen LogP contribution in [0.2, 0.25) is 6.82 Å². The van der Waals surface area contributed by atoms with E-state index in [4.69, 9.17) is 0 Å². The quantitative estimate of drug-likeness (QED) is 0.643. The molecule has 0 aliphatic heterocycles. The third-order valence-electron chi connectivity index (χ3n) is 1.45. The average molecular weight is 187 g/mol. The molecule has 69 valence electrons. The van der Waals surface area contributed by atoms with Gasteiger partial charge in [0.25, 0.3) is 0 Å². The van der Waals surface area contributed by atoms with Crippen molar-refractivity contribution < 1.29 is 17.9 Å². The summed E-state index contributed by atoms with van der Waals surface area (Å²) in [6, 6.07) is 5.67. The van der Waals surface area contributed by atoms with Crippen molar-refractivity contribution in [1.82, 2.24) is 0 Å². The van der Waals surface area contributed by atoms with Gasteiger partial charge in [0.05, 0.1) is 0 Å². The molecule has 1 aromatic rings. The second-order valence-electron chi connectivity index (χ2n) is 2.41. The van der Waals surface area contributed by atoms with Crippen LogP contribution in [0.3, 0.4) is 0 Å². The van der Waals surface area contributed by atoms with Gasteiger partial charge in [0.1, 0.15) is 13.0 Å². The second kappa shape index (κ2) is 3.72. The molecule has 0 saturated heterocycles. The van der Waals surface area contributed by atoms with E-state index < -0.39 is 6.36 Å². The number of hydrogen-bond acceptors (Lipinski definition) is 1. The van der Waals surface area contributed by atoms with Gasteiger partial charge in [0.15, 0.2) is 0 Å². The predicted molar refractivity (Wildman–Crippen MR) is 44.4 cm³/mol. The number of benzene rings is 1. The lowest BCUT2D eigenvalue weighted by Crippen LogP contribution is -2.18. The highest BCUT2D eigenvalue weighted by Gasteiger charge is 2.30. The van der Waals surface area contributed by atoms with Gasteiger partial charge in [-0.2, -0.15) is 0 Å². The highest BCUT2D eigenvalue weighted by atomic mass is 19.4. The molecule has 13 heavy (non-hydrogen) atoms. The molecule has 0 amide bonds. The van der Waals surface area contributed by atoms with E-state index in [1.54, 1.807) is 26.2 Å². The van der Waals surface area contributed by atoms with Crippen molar-refractivity contribution >= 4 is 12.7 Å². The zero-order valence-corrected chi connectivity index (χ0v) is 6.93. The fraction of sp³-hybridized carbons (Fsp3) is 0.250. The first kappa shape index (κ1) is 9.96. The van der Waals surface area contributed by atoms with Crippen molar-refractivity contribution in [3.8, 4) is 5.75 Å². The number of rotatable bonds is 2. The normalized spacial score (nSPS) is 11.1. The summed E-state index contributed by atoms with van der Waals surface area (Å²) in [7, 11) is 1.79. The van der Waals surface area contributed by atoms with Gasteiger partial charge in [-0.05, 0) is 12.1 Å². The predicted octanol–water partition coefficient (Wildman–Crippen LogP) is 1.96. The van der Waals surface area contributed by atoms with E-state index in [9.17, 15) is 13.2 Å². The van der Waals surface area contributed by atoms with Gasteiger partial charge in [0.2, 0.25) is 0 Å². The van der Waals surface area contributed by atoms with Crippen LogP contribution in [0.15, 0.2) is 24.3 Å². The summed E-state index contributed by atoms with van der Waals surface area (Å²) in [6.07, 6.45) is -4.61. The fourth-order valence-electron chi connectivity index (χ4n) is 0.862. The Morgan fingerprint density at radius 3 is 2.08 bits per heavy atom. The van der Waals surface area contributed by atoms with Crippen LogP contribution in [-0.4, -0.2) is 13.6 Å². The van der Waals surface area contributed by atoms with Gasteiger partial charge >= 0.3 is 6.36 Å². The highest BCUT2D eigenvalue weighted by Crippen LogP contribution is 2.21. The molecule has 0 atom stereocenters. The van der Waals surface area contributed by atoms with Crippen LogP contribution in [0.5, 0.6) is 5.75 Å². The molecule has 0 bridgehead atoms. The van der Waals surface area contributed by atoms with Gasteiger partial charge in [-0.3, -0.25) is 0 Å². The summed E-state index contributed by atoms with van der Waals surface area (Å²) in [5.74, 6) is -0.196. The Labute approximate surface area is 74.8 Å². The number of hydrogen-bond donors (Lipinski definition) is 0. The molecule has 1 radical (unpaired) electrons. The van der Waals surface area contributed by atoms with E-state index in [2.05, 4.69) is 4.74 Å². The summed E-state index contributed by atoms with van der Waals surface area (Å²) in [5.41, 5.74) is 0.856. The zero-order valence-electron chi connectivity index (χ0n) is 6.93. The number of ether oxygens (including phenoxy) is 1. The van der Waals surface area contributed by atoms with E-state index in [0.29, 0.717) is 0 Å². The molecule has 1 rings (SSSR count). The minimum absolute atomic E-state index is 0.196. The molecule has 0 unspecified atom stereocenters. The smallest absolute Gasteiger partial charge is 0.406 e. The third-order valence-corrected chi connectivity index (χ3v) is 1.45. The lowest BCUT2D eigenvalue weighted by molar-refractivity contribution is -0.274. The van der Waals surface area contributed by atoms with Crippen LogP contribution in [0.4, 0.5) is 13.2 Å². The molecular formula is C8H7BF3O. The Balaban J connectivity index is 2.70. The van der Waals surface area contributed by atoms with Gasteiger partial charge in [-0.25, -0.2) is 0 Å². The van der Waals surface area contributed by atoms with Crippen molar-refractivity contribution in [1.29, 1.82) is 0 Å². The Kier molecular flexibility index (Phi) is 2.85. The van der Waals surface area contributed by atoms with E-state index in [1.807, 2.05) is 0 Å². The minimum atomic E-state index is -4.61. The molecule has 0 N–H and O–H groups in total. The van der Waals surface area contributed by atoms with Gasteiger partial charge in [-0.1, -0.05) is 24.4 Å². The molecule has 1 aromatic carbocycles. The lowest BCUT2D eigenvalue weighted by Gasteiger charge is -2.08. The molecule has 1 nitrogen and oxygen atoms in total. The van der Waals surface area contributed by atoms with Crippen LogP contribution < -0.4 is 10.2 Å². The third kappa shape index (κ3) is 3.40. The van der Waals surface area contributed by atoms with E-state index >= 15 is 0 Å². The SMILES string of the molecule is C[B]c1ccc(OC(F)(F)F)cc1. The van der Waals surface area contributed by atoms with Crippen molar-refractivity contribution in [2.45, 2.75) is 13.2 Å². The van der Waals surface area contributed by atoms with E-state index in [0.717, 1.165) is 5.46 Å². The fourth-order valence-corrected chi connectivity index (χ4v) is 0.862. The monoisotopic (exact) mass is 187 g/mol. The van der Waals surface area contributed by atoms with Crippen molar-refractivity contribution in [2.75, 3.05) is 0 Å². The molecule has 0 aliphatic carbocycles. The van der Waals surface area contributed by atoms with E-state index in [-0.39, 0.29) is 5.75 Å². The van der Waals surface area contributed by atoms with Crippen LogP contribution in [0.1, 0.15) is 0 Å². The summed E-state index contributed by atoms with van der Waals surface area (Å²) in [5, 5.41) is 0. The maximum Gasteiger partial charge on any atom is 0.573 e. The maximum absolute atomic E-state index is 11.7. The first-order chi connectivity index (χ1) is 6.01. The van der Waals surface area contributed by atoms with Gasteiger partial charge < -0.3 is 4.74 Å². The molecule has 0 aliphatic rings. The molecule has 0 heterocycles. The van der Waals surface area contributed by atoms with Crippen molar-refractivity contribution in [3.05, 3.63) is 24.3 Å². The number of halogens is 3. The molecule has 0 fully saturated rings. The summed E-state index contributed by atoms with van der Waals surface area (Å²) in [4.78, 5) is 0. The van der Waals surface area contributed by atoms with Gasteiger partial charge in [0, 0.05) is 0 Å². The summed E-state index contributed by atoms with van der Waals surface area (Å²) < 4.78 is 38.8. The second-order valence-corrected chi connectivity index (χ2v) is 2.41. The van der Waals surface area contributed by atoms with Crippen LogP contribution in [0, 0.1) is 0 Å². The lowest BCUT2D eigenvalue weighted by atomic mass is 9.73. The topological polar surface area (TPSA) is 9.23 Å². The molecule has 0 aromatic heterocycles. The first-order valence-electron chi connectivity index (χ1n) is 3.66. The standard InChI is InChI=1S/C8H7BF3O/c1-9-6-2-4-7(5-3-6)13-8(10,11)12/h2-5H,1H3. The molecule has 0 saturated carbocycles. The number of alkyl halides is 3. The Morgan fingerprint density at radius 2 is 1.69 bits per heavy atom. The Bertz CT molecular complexity index is 268. The van der Waals surface area contributed by atoms with E-state index in [1.165, 1.54) is 12.1 Å². The van der Waals surface area contributed by atoms with Crippen LogP contribution in [-0.2, 0) is 0 Å². The molecule has 0 spiro atoms. The van der Waals surface area contributed by atoms with Crippen LogP contribution in [0.25, 0.3) is 0 Å². The van der Waals surface area contributed by atoms with Crippen molar-refractivity contribution in [2.24, 2.45) is 0 Å². The van der Waals surface area contributed by atoms with Gasteiger partial charge in [-0.15, -0.1) is 13.2 Å². The Hall–Kier alpha value is -1.13. The largest absolute Gasteiger partial charge is 0.573 e.